The lowest BCUT2D eigenvalue weighted by molar-refractivity contribution is 0.0933. The molecule has 3 aromatic rings. The van der Waals surface area contributed by atoms with Gasteiger partial charge in [0.2, 0.25) is 0 Å². The van der Waals surface area contributed by atoms with Gasteiger partial charge in [-0.1, -0.05) is 31.5 Å². The third-order valence-electron chi connectivity index (χ3n) is 4.78. The number of amides is 1. The number of rotatable bonds is 4. The number of halogens is 1. The topological polar surface area (TPSA) is 59.8 Å². The molecule has 0 aliphatic carbocycles. The summed E-state index contributed by atoms with van der Waals surface area (Å²) in [6.45, 7) is 4.11. The predicted octanol–water partition coefficient (Wildman–Crippen LogP) is 5.01. The van der Waals surface area contributed by atoms with Crippen molar-refractivity contribution in [3.63, 3.8) is 0 Å². The highest BCUT2D eigenvalue weighted by Gasteiger charge is 2.26. The quantitative estimate of drug-likeness (QED) is 0.654. The first-order valence-corrected chi connectivity index (χ1v) is 10.6. The predicted molar refractivity (Wildman–Crippen MR) is 112 cm³/mol. The van der Waals surface area contributed by atoms with E-state index in [0.717, 1.165) is 23.4 Å². The van der Waals surface area contributed by atoms with Crippen molar-refractivity contribution in [2.24, 2.45) is 0 Å². The van der Waals surface area contributed by atoms with E-state index >= 15 is 0 Å². The molecule has 1 N–H and O–H groups in total. The number of aromatic nitrogens is 3. The van der Waals surface area contributed by atoms with Gasteiger partial charge in [0.05, 0.1) is 23.5 Å². The van der Waals surface area contributed by atoms with Gasteiger partial charge in [-0.25, -0.2) is 9.67 Å². The number of thioether (sulfide) groups is 1. The highest BCUT2D eigenvalue weighted by molar-refractivity contribution is 7.99. The minimum atomic E-state index is -0.117. The molecule has 28 heavy (non-hydrogen) atoms. The molecule has 2 aromatic heterocycles. The Morgan fingerprint density at radius 3 is 2.93 bits per heavy atom. The van der Waals surface area contributed by atoms with E-state index < -0.39 is 0 Å². The van der Waals surface area contributed by atoms with Gasteiger partial charge in [0, 0.05) is 21.9 Å². The van der Waals surface area contributed by atoms with Crippen molar-refractivity contribution in [3.05, 3.63) is 70.6 Å². The van der Waals surface area contributed by atoms with Gasteiger partial charge in [0.25, 0.3) is 5.91 Å². The zero-order chi connectivity index (χ0) is 19.7. The van der Waals surface area contributed by atoms with Crippen LogP contribution >= 0.6 is 23.4 Å². The SMILES string of the molecule is CC(C)c1c(C(=O)NC2CCSc3ccc(Cl)cc32)cnn1-c1ccccn1. The number of benzene rings is 1. The Hall–Kier alpha value is -2.31. The second-order valence-electron chi connectivity index (χ2n) is 7.04. The lowest BCUT2D eigenvalue weighted by atomic mass is 10.0. The van der Waals surface area contributed by atoms with Gasteiger partial charge in [-0.05, 0) is 48.2 Å². The molecular formula is C21H21ClN4OS. The number of fused-ring (bicyclic) bond motifs is 1. The molecule has 0 fully saturated rings. The van der Waals surface area contributed by atoms with Crippen molar-refractivity contribution in [2.45, 2.75) is 37.1 Å². The summed E-state index contributed by atoms with van der Waals surface area (Å²) < 4.78 is 1.75. The Morgan fingerprint density at radius 1 is 1.32 bits per heavy atom. The zero-order valence-electron chi connectivity index (χ0n) is 15.7. The summed E-state index contributed by atoms with van der Waals surface area (Å²) in [4.78, 5) is 18.7. The van der Waals surface area contributed by atoms with E-state index in [1.165, 1.54) is 4.90 Å². The van der Waals surface area contributed by atoms with Gasteiger partial charge in [0.1, 0.15) is 0 Å². The molecule has 5 nitrogen and oxygen atoms in total. The molecule has 0 bridgehead atoms. The van der Waals surface area contributed by atoms with Crippen molar-refractivity contribution in [1.82, 2.24) is 20.1 Å². The zero-order valence-corrected chi connectivity index (χ0v) is 17.3. The molecule has 1 aliphatic rings. The van der Waals surface area contributed by atoms with Gasteiger partial charge in [-0.3, -0.25) is 4.79 Å². The van der Waals surface area contributed by atoms with Gasteiger partial charge >= 0.3 is 0 Å². The van der Waals surface area contributed by atoms with Crippen molar-refractivity contribution in [2.75, 3.05) is 5.75 Å². The van der Waals surface area contributed by atoms with Crippen molar-refractivity contribution < 1.29 is 4.79 Å². The first-order chi connectivity index (χ1) is 13.5. The summed E-state index contributed by atoms with van der Waals surface area (Å²) in [5.41, 5.74) is 2.52. The molecule has 0 saturated carbocycles. The lowest BCUT2D eigenvalue weighted by Crippen LogP contribution is -2.31. The van der Waals surface area contributed by atoms with Crippen LogP contribution in [0.2, 0.25) is 5.02 Å². The summed E-state index contributed by atoms with van der Waals surface area (Å²) in [5.74, 6) is 1.67. The highest BCUT2D eigenvalue weighted by atomic mass is 35.5. The van der Waals surface area contributed by atoms with Crippen LogP contribution in [0.25, 0.3) is 5.82 Å². The minimum Gasteiger partial charge on any atom is -0.345 e. The van der Waals surface area contributed by atoms with E-state index in [4.69, 9.17) is 11.6 Å². The standard InChI is InChI=1S/C21H21ClN4OS/c1-13(2)20-16(12-24-26(20)19-5-3-4-9-23-19)21(27)25-17-8-10-28-18-7-6-14(22)11-15(17)18/h3-7,9,11-13,17H,8,10H2,1-2H3,(H,25,27). The number of nitrogens with zero attached hydrogens (tertiary/aromatic N) is 3. The fourth-order valence-electron chi connectivity index (χ4n) is 3.50. The Bertz CT molecular complexity index is 1000. The number of pyridine rings is 1. The Morgan fingerprint density at radius 2 is 2.18 bits per heavy atom. The summed E-state index contributed by atoms with van der Waals surface area (Å²) in [6, 6.07) is 11.5. The molecule has 1 unspecified atom stereocenters. The minimum absolute atomic E-state index is 0.0549. The smallest absolute Gasteiger partial charge is 0.255 e. The molecule has 1 aromatic carbocycles. The van der Waals surface area contributed by atoms with Crippen LogP contribution in [0.5, 0.6) is 0 Å². The molecule has 0 spiro atoms. The Labute approximate surface area is 173 Å². The number of carbonyl (C=O) groups is 1. The van der Waals surface area contributed by atoms with E-state index in [0.29, 0.717) is 16.4 Å². The van der Waals surface area contributed by atoms with Gasteiger partial charge in [0.15, 0.2) is 5.82 Å². The first-order valence-electron chi connectivity index (χ1n) is 9.27. The van der Waals surface area contributed by atoms with E-state index in [1.54, 1.807) is 28.8 Å². The normalized spacial score (nSPS) is 16.1. The first kappa shape index (κ1) is 19.0. The highest BCUT2D eigenvalue weighted by Crippen LogP contribution is 2.37. The monoisotopic (exact) mass is 412 g/mol. The largest absolute Gasteiger partial charge is 0.345 e. The summed E-state index contributed by atoms with van der Waals surface area (Å²) in [6.07, 6.45) is 4.23. The fourth-order valence-corrected chi connectivity index (χ4v) is 4.79. The molecule has 0 radical (unpaired) electrons. The van der Waals surface area contributed by atoms with Crippen molar-refractivity contribution >= 4 is 29.3 Å². The molecule has 1 aliphatic heterocycles. The van der Waals surface area contributed by atoms with Crippen LogP contribution in [-0.4, -0.2) is 26.4 Å². The van der Waals surface area contributed by atoms with E-state index in [9.17, 15) is 4.79 Å². The van der Waals surface area contributed by atoms with E-state index in [2.05, 4.69) is 29.2 Å². The van der Waals surface area contributed by atoms with Crippen LogP contribution in [0.4, 0.5) is 0 Å². The average molecular weight is 413 g/mol. The molecule has 4 rings (SSSR count). The number of carbonyl (C=O) groups excluding carboxylic acids is 1. The molecule has 3 heterocycles. The van der Waals surface area contributed by atoms with Crippen LogP contribution in [0.1, 0.15) is 53.8 Å². The summed E-state index contributed by atoms with van der Waals surface area (Å²) >= 11 is 7.99. The number of hydrogen-bond acceptors (Lipinski definition) is 4. The fraction of sp³-hybridized carbons (Fsp3) is 0.286. The van der Waals surface area contributed by atoms with Crippen LogP contribution in [0, 0.1) is 0 Å². The van der Waals surface area contributed by atoms with Crippen molar-refractivity contribution in [1.29, 1.82) is 0 Å². The van der Waals surface area contributed by atoms with Crippen LogP contribution in [0.3, 0.4) is 0 Å². The van der Waals surface area contributed by atoms with Gasteiger partial charge < -0.3 is 5.32 Å². The maximum absolute atomic E-state index is 13.2. The van der Waals surface area contributed by atoms with Crippen LogP contribution < -0.4 is 5.32 Å². The van der Waals surface area contributed by atoms with E-state index in [1.807, 2.05) is 36.4 Å². The second-order valence-corrected chi connectivity index (χ2v) is 8.62. The third kappa shape index (κ3) is 3.66. The number of hydrogen-bond donors (Lipinski definition) is 1. The molecule has 0 saturated heterocycles. The summed E-state index contributed by atoms with van der Waals surface area (Å²) in [7, 11) is 0. The Balaban J connectivity index is 1.65. The van der Waals surface area contributed by atoms with E-state index in [-0.39, 0.29) is 17.9 Å². The number of nitrogens with one attached hydrogen (secondary N) is 1. The average Bonchev–Trinajstić information content (AvgIpc) is 3.15. The molecule has 1 amide bonds. The van der Waals surface area contributed by atoms with Gasteiger partial charge in [-0.2, -0.15) is 5.10 Å². The van der Waals surface area contributed by atoms with Crippen LogP contribution in [0.15, 0.2) is 53.7 Å². The molecular weight excluding hydrogens is 392 g/mol. The van der Waals surface area contributed by atoms with Crippen molar-refractivity contribution in [3.8, 4) is 5.82 Å². The second kappa shape index (κ2) is 7.97. The molecule has 7 heteroatoms. The molecule has 1 atom stereocenters. The van der Waals surface area contributed by atoms with Gasteiger partial charge in [-0.15, -0.1) is 11.8 Å². The lowest BCUT2D eigenvalue weighted by Gasteiger charge is -2.26. The third-order valence-corrected chi connectivity index (χ3v) is 6.14. The van der Waals surface area contributed by atoms with Crippen LogP contribution in [-0.2, 0) is 0 Å². The molecule has 144 valence electrons. The maximum atomic E-state index is 13.2. The maximum Gasteiger partial charge on any atom is 0.255 e. The Kier molecular flexibility index (Phi) is 5.42. The summed E-state index contributed by atoms with van der Waals surface area (Å²) in [5, 5.41) is 8.33.